The standard InChI is InChI=1S/C14H27ClO10P2/c1-5-22-26(18,23-6-2)13(27(19,24-7-3)25-8-4)10-9-12(16)20-11-21-14(15)17/h13H,5-11H2,1-4H3. The molecule has 0 spiro atoms. The van der Waals surface area contributed by atoms with Gasteiger partial charge in [0.05, 0.1) is 26.4 Å². The fraction of sp³-hybridized carbons (Fsp3) is 0.857. The zero-order valence-electron chi connectivity index (χ0n) is 15.9. The average Bonchev–Trinajstić information content (AvgIpc) is 2.55. The van der Waals surface area contributed by atoms with Crippen LogP contribution in [0.3, 0.4) is 0 Å². The molecule has 0 aromatic rings. The van der Waals surface area contributed by atoms with Crippen molar-refractivity contribution in [2.75, 3.05) is 33.2 Å². The van der Waals surface area contributed by atoms with Crippen LogP contribution in [0.2, 0.25) is 0 Å². The fourth-order valence-electron chi connectivity index (χ4n) is 2.09. The van der Waals surface area contributed by atoms with E-state index in [9.17, 15) is 18.7 Å². The van der Waals surface area contributed by atoms with Crippen molar-refractivity contribution in [2.45, 2.75) is 45.9 Å². The molecule has 27 heavy (non-hydrogen) atoms. The Balaban J connectivity index is 5.45. The Kier molecular flexibility index (Phi) is 13.4. The van der Waals surface area contributed by atoms with Gasteiger partial charge in [0.15, 0.2) is 5.40 Å². The molecule has 0 bridgehead atoms. The second-order valence-corrected chi connectivity index (χ2v) is 9.94. The lowest BCUT2D eigenvalue weighted by Gasteiger charge is -2.31. The Morgan fingerprint density at radius 2 is 1.22 bits per heavy atom. The van der Waals surface area contributed by atoms with Gasteiger partial charge in [0.2, 0.25) is 6.79 Å². The molecule has 160 valence electrons. The van der Waals surface area contributed by atoms with Crippen molar-refractivity contribution in [1.82, 2.24) is 0 Å². The van der Waals surface area contributed by atoms with Crippen LogP contribution in [0.5, 0.6) is 0 Å². The fourth-order valence-corrected chi connectivity index (χ4v) is 7.49. The minimum absolute atomic E-state index is 0.0299. The van der Waals surface area contributed by atoms with E-state index in [1.54, 1.807) is 27.7 Å². The summed E-state index contributed by atoms with van der Waals surface area (Å²) < 4.78 is 56.5. The van der Waals surface area contributed by atoms with Crippen LogP contribution in [0.25, 0.3) is 0 Å². The Labute approximate surface area is 164 Å². The summed E-state index contributed by atoms with van der Waals surface area (Å²) in [6.45, 7) is 5.85. The first-order chi connectivity index (χ1) is 12.7. The molecule has 0 rings (SSSR count). The van der Waals surface area contributed by atoms with Crippen molar-refractivity contribution in [3.05, 3.63) is 0 Å². The summed E-state index contributed by atoms with van der Waals surface area (Å²) in [5.74, 6) is -0.794. The molecule has 0 saturated heterocycles. The van der Waals surface area contributed by atoms with Crippen molar-refractivity contribution >= 4 is 38.2 Å². The van der Waals surface area contributed by atoms with Crippen molar-refractivity contribution in [1.29, 1.82) is 0 Å². The smallest absolute Gasteiger partial charge is 0.406 e. The average molecular weight is 453 g/mol. The normalized spacial score (nSPS) is 12.2. The quantitative estimate of drug-likeness (QED) is 0.152. The Bertz CT molecular complexity index is 506. The highest BCUT2D eigenvalue weighted by Crippen LogP contribution is 2.71. The molecule has 0 aliphatic carbocycles. The van der Waals surface area contributed by atoms with Gasteiger partial charge in [-0.3, -0.25) is 13.9 Å². The lowest BCUT2D eigenvalue weighted by molar-refractivity contribution is -0.151. The van der Waals surface area contributed by atoms with E-state index in [-0.39, 0.29) is 39.3 Å². The molecule has 0 aliphatic heterocycles. The summed E-state index contributed by atoms with van der Waals surface area (Å²) in [6.07, 6.45) is -0.541. The number of carbonyl (C=O) groups is 2. The lowest BCUT2D eigenvalue weighted by atomic mass is 10.3. The molecule has 0 amide bonds. The van der Waals surface area contributed by atoms with Gasteiger partial charge in [-0.2, -0.15) is 0 Å². The number of halogens is 1. The van der Waals surface area contributed by atoms with Gasteiger partial charge in [-0.1, -0.05) is 0 Å². The molecule has 0 saturated carbocycles. The zero-order chi connectivity index (χ0) is 20.9. The third-order valence-corrected chi connectivity index (χ3v) is 9.22. The van der Waals surface area contributed by atoms with Gasteiger partial charge < -0.3 is 27.6 Å². The van der Waals surface area contributed by atoms with Crippen LogP contribution >= 0.6 is 26.8 Å². The summed E-state index contributed by atoms with van der Waals surface area (Å²) >= 11 is 4.96. The van der Waals surface area contributed by atoms with Crippen LogP contribution < -0.4 is 0 Å². The monoisotopic (exact) mass is 452 g/mol. The number of hydrogen-bond acceptors (Lipinski definition) is 10. The van der Waals surface area contributed by atoms with Gasteiger partial charge >= 0.3 is 26.6 Å². The summed E-state index contributed by atoms with van der Waals surface area (Å²) in [5.41, 5.74) is -1.13. The molecule has 10 nitrogen and oxygen atoms in total. The molecule has 0 heterocycles. The first-order valence-corrected chi connectivity index (χ1v) is 12.0. The van der Waals surface area contributed by atoms with E-state index in [0.717, 1.165) is 0 Å². The predicted octanol–water partition coefficient (Wildman–Crippen LogP) is 4.50. The van der Waals surface area contributed by atoms with E-state index < -0.39 is 38.8 Å². The third kappa shape index (κ3) is 9.52. The van der Waals surface area contributed by atoms with Gasteiger partial charge in [0.25, 0.3) is 0 Å². The Hall–Kier alpha value is -0.470. The highest BCUT2D eigenvalue weighted by Gasteiger charge is 2.50. The highest BCUT2D eigenvalue weighted by molar-refractivity contribution is 7.72. The number of esters is 1. The van der Waals surface area contributed by atoms with Crippen LogP contribution in [0.15, 0.2) is 0 Å². The van der Waals surface area contributed by atoms with Gasteiger partial charge in [-0.05, 0) is 34.1 Å². The van der Waals surface area contributed by atoms with Crippen LogP contribution in [0.1, 0.15) is 40.5 Å². The minimum atomic E-state index is -3.94. The second kappa shape index (κ2) is 13.7. The van der Waals surface area contributed by atoms with E-state index in [1.165, 1.54) is 0 Å². The van der Waals surface area contributed by atoms with Gasteiger partial charge in [0, 0.05) is 18.0 Å². The van der Waals surface area contributed by atoms with Gasteiger partial charge in [0.1, 0.15) is 0 Å². The first kappa shape index (κ1) is 26.5. The van der Waals surface area contributed by atoms with E-state index >= 15 is 0 Å². The maximum absolute atomic E-state index is 13.2. The van der Waals surface area contributed by atoms with Crippen molar-refractivity contribution in [3.63, 3.8) is 0 Å². The van der Waals surface area contributed by atoms with Crippen molar-refractivity contribution in [3.8, 4) is 0 Å². The Morgan fingerprint density at radius 1 is 0.815 bits per heavy atom. The molecular formula is C14H27ClO10P2. The van der Waals surface area contributed by atoms with E-state index in [4.69, 9.17) is 29.7 Å². The molecule has 0 radical (unpaired) electrons. The molecule has 0 aromatic carbocycles. The van der Waals surface area contributed by atoms with E-state index in [2.05, 4.69) is 9.47 Å². The number of rotatable bonds is 15. The van der Waals surface area contributed by atoms with Crippen LogP contribution in [0, 0.1) is 0 Å². The van der Waals surface area contributed by atoms with Crippen LogP contribution in [-0.4, -0.2) is 50.0 Å². The highest BCUT2D eigenvalue weighted by atomic mass is 35.5. The van der Waals surface area contributed by atoms with E-state index in [1.807, 2.05) is 0 Å². The molecule has 0 fully saturated rings. The zero-order valence-corrected chi connectivity index (χ0v) is 18.4. The summed E-state index contributed by atoms with van der Waals surface area (Å²) in [6, 6.07) is 0. The summed E-state index contributed by atoms with van der Waals surface area (Å²) in [4.78, 5) is 22.3. The topological polar surface area (TPSA) is 124 Å². The summed E-state index contributed by atoms with van der Waals surface area (Å²) in [5, 5.41) is -1.33. The van der Waals surface area contributed by atoms with Gasteiger partial charge in [-0.15, -0.1) is 0 Å². The van der Waals surface area contributed by atoms with Crippen molar-refractivity contribution < 1.29 is 46.3 Å². The van der Waals surface area contributed by atoms with Crippen LogP contribution in [-0.2, 0) is 41.5 Å². The molecule has 0 atom stereocenters. The number of carbonyl (C=O) groups excluding carboxylic acids is 2. The van der Waals surface area contributed by atoms with Crippen LogP contribution in [0.4, 0.5) is 4.79 Å². The SMILES string of the molecule is CCOP(=O)(OCC)C(CCC(=O)OCOC(=O)Cl)P(=O)(OCC)OCC. The first-order valence-electron chi connectivity index (χ1n) is 8.44. The summed E-state index contributed by atoms with van der Waals surface area (Å²) in [7, 11) is -7.87. The molecule has 0 aliphatic rings. The Morgan fingerprint density at radius 3 is 1.56 bits per heavy atom. The van der Waals surface area contributed by atoms with E-state index in [0.29, 0.717) is 0 Å². The largest absolute Gasteiger partial charge is 0.428 e. The maximum atomic E-state index is 13.2. The predicted molar refractivity (Wildman–Crippen MR) is 98.0 cm³/mol. The minimum Gasteiger partial charge on any atom is -0.428 e. The number of hydrogen-bond donors (Lipinski definition) is 0. The third-order valence-electron chi connectivity index (χ3n) is 2.97. The second-order valence-electron chi connectivity index (χ2n) is 4.79. The lowest BCUT2D eigenvalue weighted by Crippen LogP contribution is -2.20. The molecule has 0 unspecified atom stereocenters. The molecule has 0 N–H and O–H groups in total. The molecule has 13 heteroatoms. The maximum Gasteiger partial charge on any atom is 0.406 e. The van der Waals surface area contributed by atoms with Crippen molar-refractivity contribution in [2.24, 2.45) is 0 Å². The molecule has 0 aromatic heterocycles. The number of ether oxygens (including phenoxy) is 2. The molecular weight excluding hydrogens is 426 g/mol. The van der Waals surface area contributed by atoms with Gasteiger partial charge in [-0.25, -0.2) is 4.79 Å².